The Bertz CT molecular complexity index is 834. The summed E-state index contributed by atoms with van der Waals surface area (Å²) in [7, 11) is -1.35. The quantitative estimate of drug-likeness (QED) is 0.791. The topological polar surface area (TPSA) is 39.1 Å². The fraction of sp³-hybridized carbons (Fsp3) is 0.350. The van der Waals surface area contributed by atoms with E-state index in [0.29, 0.717) is 22.8 Å². The van der Waals surface area contributed by atoms with Crippen LogP contribution in [0.5, 0.6) is 0 Å². The van der Waals surface area contributed by atoms with Gasteiger partial charge in [-0.3, -0.25) is 9.36 Å². The fourth-order valence-corrected chi connectivity index (χ4v) is 5.28. The number of aryl methyl sites for hydroxylation is 1. The van der Waals surface area contributed by atoms with Crippen LogP contribution >= 0.6 is 0 Å². The molecule has 4 heteroatoms. The highest BCUT2D eigenvalue weighted by atomic mass is 32.2. The van der Waals surface area contributed by atoms with Crippen LogP contribution in [0.15, 0.2) is 64.7 Å². The van der Waals surface area contributed by atoms with Crippen LogP contribution in [-0.4, -0.2) is 14.7 Å². The minimum Gasteiger partial charge on any atom is -0.279 e. The van der Waals surface area contributed by atoms with Crippen molar-refractivity contribution in [3.63, 3.8) is 0 Å². The first-order chi connectivity index (χ1) is 11.6. The molecule has 0 saturated heterocycles. The highest BCUT2D eigenvalue weighted by Crippen LogP contribution is 2.48. The molecule has 2 aliphatic rings. The van der Waals surface area contributed by atoms with E-state index in [1.165, 1.54) is 0 Å². The maximum atomic E-state index is 13.1. The average molecular weight is 339 g/mol. The van der Waals surface area contributed by atoms with Crippen molar-refractivity contribution >= 4 is 16.7 Å². The largest absolute Gasteiger partial charge is 0.279 e. The summed E-state index contributed by atoms with van der Waals surface area (Å²) >= 11 is 0. The predicted molar refractivity (Wildman–Crippen MR) is 94.3 cm³/mol. The van der Waals surface area contributed by atoms with Gasteiger partial charge in [0.2, 0.25) is 5.91 Å². The van der Waals surface area contributed by atoms with E-state index >= 15 is 0 Å². The monoisotopic (exact) mass is 339 g/mol. The number of aromatic nitrogens is 1. The molecule has 0 radical (unpaired) electrons. The molecule has 2 aliphatic carbocycles. The lowest BCUT2D eigenvalue weighted by Gasteiger charge is -2.24. The fourth-order valence-electron chi connectivity index (χ4n) is 4.12. The molecular weight excluding hydrogens is 318 g/mol. The minimum absolute atomic E-state index is 0.00108. The molecule has 1 fully saturated rings. The van der Waals surface area contributed by atoms with E-state index < -0.39 is 10.8 Å². The van der Waals surface area contributed by atoms with Gasteiger partial charge in [-0.05, 0) is 55.4 Å². The lowest BCUT2D eigenvalue weighted by molar-refractivity contribution is 0.0766. The van der Waals surface area contributed by atoms with E-state index in [1.807, 2.05) is 37.3 Å². The van der Waals surface area contributed by atoms with Gasteiger partial charge in [-0.1, -0.05) is 36.8 Å². The Morgan fingerprint density at radius 2 is 1.83 bits per heavy atom. The van der Waals surface area contributed by atoms with Crippen molar-refractivity contribution < 1.29 is 9.00 Å². The third kappa shape index (κ3) is 2.40. The van der Waals surface area contributed by atoms with Crippen LogP contribution in [-0.2, 0) is 10.8 Å². The molecule has 0 amide bonds. The van der Waals surface area contributed by atoms with Crippen molar-refractivity contribution in [1.82, 2.24) is 4.57 Å². The SMILES string of the molecule is Cc1ccc(S(=O)c2cccn2C(=O)[C@@H]2[C@@H](C)[C@@H]3C=C[C@H]2C3)cc1. The van der Waals surface area contributed by atoms with Gasteiger partial charge in [-0.25, -0.2) is 4.21 Å². The number of carbonyl (C=O) groups excluding carboxylic acids is 1. The van der Waals surface area contributed by atoms with Crippen molar-refractivity contribution in [1.29, 1.82) is 0 Å². The standard InChI is InChI=1S/C20H21NO2S/c1-13-5-9-17(10-6-13)24(23)18-4-3-11-21(18)20(22)19-14(2)15-7-8-16(19)12-15/h3-11,14-16,19H,12H2,1-2H3/t14-,15+,16-,19+,24?/m0/s1. The van der Waals surface area contributed by atoms with Gasteiger partial charge in [0.25, 0.3) is 0 Å². The van der Waals surface area contributed by atoms with Gasteiger partial charge in [0.15, 0.2) is 0 Å². The zero-order valence-corrected chi connectivity index (χ0v) is 14.7. The number of rotatable bonds is 3. The molecule has 1 unspecified atom stereocenters. The third-order valence-corrected chi connectivity index (χ3v) is 6.92. The Balaban J connectivity index is 1.65. The van der Waals surface area contributed by atoms with E-state index in [2.05, 4.69) is 19.1 Å². The van der Waals surface area contributed by atoms with Crippen molar-refractivity contribution in [2.75, 3.05) is 0 Å². The molecule has 5 atom stereocenters. The Morgan fingerprint density at radius 1 is 1.12 bits per heavy atom. The molecule has 24 heavy (non-hydrogen) atoms. The lowest BCUT2D eigenvalue weighted by atomic mass is 9.84. The van der Waals surface area contributed by atoms with Gasteiger partial charge < -0.3 is 0 Å². The second kappa shape index (κ2) is 5.85. The second-order valence-electron chi connectivity index (χ2n) is 6.97. The molecule has 0 aliphatic heterocycles. The Hall–Kier alpha value is -1.94. The van der Waals surface area contributed by atoms with Crippen LogP contribution in [0.25, 0.3) is 0 Å². The predicted octanol–water partition coefficient (Wildman–Crippen LogP) is 4.06. The lowest BCUT2D eigenvalue weighted by Crippen LogP contribution is -2.30. The minimum atomic E-state index is -1.35. The maximum absolute atomic E-state index is 13.1. The first-order valence-corrected chi connectivity index (χ1v) is 9.59. The highest BCUT2D eigenvalue weighted by molar-refractivity contribution is 7.85. The molecule has 0 N–H and O–H groups in total. The molecule has 2 aromatic rings. The van der Waals surface area contributed by atoms with Gasteiger partial charge in [0.05, 0.1) is 0 Å². The van der Waals surface area contributed by atoms with Gasteiger partial charge in [0.1, 0.15) is 15.8 Å². The summed E-state index contributed by atoms with van der Waals surface area (Å²) in [4.78, 5) is 13.8. The van der Waals surface area contributed by atoms with E-state index in [9.17, 15) is 9.00 Å². The van der Waals surface area contributed by atoms with Crippen molar-refractivity contribution in [3.8, 4) is 0 Å². The molecule has 1 heterocycles. The van der Waals surface area contributed by atoms with Crippen molar-refractivity contribution in [3.05, 3.63) is 60.3 Å². The first kappa shape index (κ1) is 15.6. The van der Waals surface area contributed by atoms with Crippen LogP contribution in [0, 0.1) is 30.6 Å². The summed E-state index contributed by atoms with van der Waals surface area (Å²) in [6.07, 6.45) is 7.27. The molecular formula is C20H21NO2S. The van der Waals surface area contributed by atoms with Crippen LogP contribution < -0.4 is 0 Å². The number of hydrogen-bond donors (Lipinski definition) is 0. The normalized spacial score (nSPS) is 29.1. The van der Waals surface area contributed by atoms with Crippen molar-refractivity contribution in [2.45, 2.75) is 30.2 Å². The van der Waals surface area contributed by atoms with E-state index in [4.69, 9.17) is 0 Å². The van der Waals surface area contributed by atoms with Crippen molar-refractivity contribution in [2.24, 2.45) is 23.7 Å². The molecule has 1 saturated carbocycles. The zero-order valence-electron chi connectivity index (χ0n) is 13.9. The number of carbonyl (C=O) groups is 1. The van der Waals surface area contributed by atoms with E-state index in [1.54, 1.807) is 16.8 Å². The Labute approximate surface area is 144 Å². The van der Waals surface area contributed by atoms with Crippen LogP contribution in [0.4, 0.5) is 0 Å². The maximum Gasteiger partial charge on any atom is 0.235 e. The van der Waals surface area contributed by atoms with Gasteiger partial charge in [-0.15, -0.1) is 0 Å². The number of hydrogen-bond acceptors (Lipinski definition) is 2. The molecule has 2 bridgehead atoms. The number of allylic oxidation sites excluding steroid dienone is 2. The van der Waals surface area contributed by atoms with Crippen LogP contribution in [0.1, 0.15) is 23.7 Å². The van der Waals surface area contributed by atoms with Gasteiger partial charge in [0, 0.05) is 17.0 Å². The molecule has 3 nitrogen and oxygen atoms in total. The average Bonchev–Trinajstić information content (AvgIpc) is 3.30. The summed E-state index contributed by atoms with van der Waals surface area (Å²) in [5.74, 6) is 1.29. The molecule has 4 rings (SSSR count). The van der Waals surface area contributed by atoms with E-state index in [-0.39, 0.29) is 11.8 Å². The molecule has 0 spiro atoms. The summed E-state index contributed by atoms with van der Waals surface area (Å²) in [5.41, 5.74) is 1.13. The third-order valence-electron chi connectivity index (χ3n) is 5.51. The summed E-state index contributed by atoms with van der Waals surface area (Å²) in [6.45, 7) is 4.17. The summed E-state index contributed by atoms with van der Waals surface area (Å²) < 4.78 is 14.5. The summed E-state index contributed by atoms with van der Waals surface area (Å²) in [6, 6.07) is 11.2. The Kier molecular flexibility index (Phi) is 3.80. The second-order valence-corrected chi connectivity index (χ2v) is 8.40. The first-order valence-electron chi connectivity index (χ1n) is 8.44. The van der Waals surface area contributed by atoms with Crippen LogP contribution in [0.3, 0.4) is 0 Å². The number of fused-ring (bicyclic) bond motifs is 2. The Morgan fingerprint density at radius 3 is 2.50 bits per heavy atom. The number of benzene rings is 1. The van der Waals surface area contributed by atoms with Gasteiger partial charge >= 0.3 is 0 Å². The zero-order chi connectivity index (χ0) is 16.8. The van der Waals surface area contributed by atoms with E-state index in [0.717, 1.165) is 16.9 Å². The van der Waals surface area contributed by atoms with Gasteiger partial charge in [-0.2, -0.15) is 0 Å². The summed E-state index contributed by atoms with van der Waals surface area (Å²) in [5, 5.41) is 0.572. The smallest absolute Gasteiger partial charge is 0.235 e. The molecule has 1 aromatic carbocycles. The number of nitrogens with zero attached hydrogens (tertiary/aromatic N) is 1. The highest BCUT2D eigenvalue weighted by Gasteiger charge is 2.46. The van der Waals surface area contributed by atoms with Crippen LogP contribution in [0.2, 0.25) is 0 Å². The molecule has 124 valence electrons. The molecule has 1 aromatic heterocycles.